The molecule has 3 aromatic rings. The number of hydrazone groups is 1. The maximum atomic E-state index is 13.0. The molecule has 0 fully saturated rings. The molecule has 2 aromatic heterocycles. The van der Waals surface area contributed by atoms with Gasteiger partial charge in [0.05, 0.1) is 12.0 Å². The van der Waals surface area contributed by atoms with Crippen LogP contribution in [0.3, 0.4) is 0 Å². The lowest BCUT2D eigenvalue weighted by molar-refractivity contribution is -0.118. The predicted molar refractivity (Wildman–Crippen MR) is 96.0 cm³/mol. The molecule has 0 aliphatic rings. The molecule has 3 rings (SSSR count). The van der Waals surface area contributed by atoms with Crippen molar-refractivity contribution in [3.63, 3.8) is 0 Å². The number of thioether (sulfide) groups is 1. The highest BCUT2D eigenvalue weighted by Gasteiger charge is 2.09. The quantitative estimate of drug-likeness (QED) is 0.408. The first-order chi connectivity index (χ1) is 12.2. The molecule has 0 saturated carbocycles. The fraction of sp³-hybridized carbons (Fsp3) is 0.0625. The van der Waals surface area contributed by atoms with Crippen molar-refractivity contribution in [2.75, 3.05) is 5.75 Å². The number of pyridine rings is 1. The van der Waals surface area contributed by atoms with E-state index < -0.39 is 0 Å². The molecule has 0 radical (unpaired) electrons. The van der Waals surface area contributed by atoms with Crippen LogP contribution in [0.15, 0.2) is 58.1 Å². The number of carbonyl (C=O) groups excluding carboxylic acids is 1. The van der Waals surface area contributed by atoms with Gasteiger partial charge in [-0.25, -0.2) is 9.82 Å². The number of hydrogen-bond donors (Lipinski definition) is 1. The highest BCUT2D eigenvalue weighted by atomic mass is 32.2. The summed E-state index contributed by atoms with van der Waals surface area (Å²) in [6.07, 6.45) is 3.07. The third kappa shape index (κ3) is 5.16. The van der Waals surface area contributed by atoms with Gasteiger partial charge in [0.1, 0.15) is 11.5 Å². The molecule has 0 saturated heterocycles. The SMILES string of the molecule is O=C(CSc1nnc(-c2ccccn2)s1)N/N=C/c1cccc(F)c1. The van der Waals surface area contributed by atoms with Crippen molar-refractivity contribution in [1.82, 2.24) is 20.6 Å². The minimum absolute atomic E-state index is 0.150. The third-order valence-electron chi connectivity index (χ3n) is 2.87. The highest BCUT2D eigenvalue weighted by molar-refractivity contribution is 8.01. The van der Waals surface area contributed by atoms with E-state index in [-0.39, 0.29) is 17.5 Å². The number of nitrogens with one attached hydrogen (secondary N) is 1. The van der Waals surface area contributed by atoms with Gasteiger partial charge in [-0.3, -0.25) is 9.78 Å². The standard InChI is InChI=1S/C16H12FN5OS2/c17-12-5-3-4-11(8-12)9-19-20-14(23)10-24-16-22-21-15(25-16)13-6-1-2-7-18-13/h1-9H,10H2,(H,20,23)/b19-9+. The van der Waals surface area contributed by atoms with Crippen molar-refractivity contribution in [1.29, 1.82) is 0 Å². The smallest absolute Gasteiger partial charge is 0.250 e. The summed E-state index contributed by atoms with van der Waals surface area (Å²) in [7, 11) is 0. The van der Waals surface area contributed by atoms with Gasteiger partial charge in [0.25, 0.3) is 5.91 Å². The van der Waals surface area contributed by atoms with Crippen LogP contribution >= 0.6 is 23.1 Å². The molecule has 0 aliphatic carbocycles. The van der Waals surface area contributed by atoms with Crippen LogP contribution in [0.4, 0.5) is 4.39 Å². The summed E-state index contributed by atoms with van der Waals surface area (Å²) in [5.41, 5.74) is 3.70. The lowest BCUT2D eigenvalue weighted by atomic mass is 10.2. The van der Waals surface area contributed by atoms with Crippen molar-refractivity contribution >= 4 is 35.2 Å². The molecule has 1 aromatic carbocycles. The fourth-order valence-electron chi connectivity index (χ4n) is 1.79. The number of halogens is 1. The molecular formula is C16H12FN5OS2. The summed E-state index contributed by atoms with van der Waals surface area (Å²) in [6, 6.07) is 11.5. The Bertz CT molecular complexity index is 885. The van der Waals surface area contributed by atoms with E-state index in [1.807, 2.05) is 18.2 Å². The molecule has 0 bridgehead atoms. The van der Waals surface area contributed by atoms with Crippen molar-refractivity contribution in [3.8, 4) is 10.7 Å². The van der Waals surface area contributed by atoms with Crippen molar-refractivity contribution in [2.24, 2.45) is 5.10 Å². The highest BCUT2D eigenvalue weighted by Crippen LogP contribution is 2.27. The first kappa shape index (κ1) is 17.2. The fourth-order valence-corrected chi connectivity index (χ4v) is 3.41. The Labute approximate surface area is 151 Å². The van der Waals surface area contributed by atoms with Gasteiger partial charge in [0.2, 0.25) is 0 Å². The first-order valence-corrected chi connectivity index (χ1v) is 8.96. The summed E-state index contributed by atoms with van der Waals surface area (Å²) in [5, 5.41) is 12.6. The molecule has 0 atom stereocenters. The van der Waals surface area contributed by atoms with Crippen LogP contribution in [0.5, 0.6) is 0 Å². The van der Waals surface area contributed by atoms with Gasteiger partial charge in [-0.2, -0.15) is 5.10 Å². The lowest BCUT2D eigenvalue weighted by Crippen LogP contribution is -2.19. The van der Waals surface area contributed by atoms with E-state index in [4.69, 9.17) is 0 Å². The van der Waals surface area contributed by atoms with E-state index in [0.29, 0.717) is 14.9 Å². The number of rotatable bonds is 6. The Morgan fingerprint density at radius 2 is 2.20 bits per heavy atom. The van der Waals surface area contributed by atoms with Gasteiger partial charge in [-0.05, 0) is 29.8 Å². The monoisotopic (exact) mass is 373 g/mol. The Hall–Kier alpha value is -2.65. The maximum Gasteiger partial charge on any atom is 0.250 e. The molecule has 0 aliphatic heterocycles. The van der Waals surface area contributed by atoms with Crippen LogP contribution in [-0.2, 0) is 4.79 Å². The van der Waals surface area contributed by atoms with Crippen molar-refractivity contribution in [3.05, 3.63) is 60.0 Å². The summed E-state index contributed by atoms with van der Waals surface area (Å²) in [5.74, 6) is -0.491. The summed E-state index contributed by atoms with van der Waals surface area (Å²) in [6.45, 7) is 0. The number of benzene rings is 1. The van der Waals surface area contributed by atoms with E-state index in [9.17, 15) is 9.18 Å². The van der Waals surface area contributed by atoms with Crippen LogP contribution in [0.1, 0.15) is 5.56 Å². The minimum atomic E-state index is -0.356. The average Bonchev–Trinajstić information content (AvgIpc) is 3.10. The zero-order valence-corrected chi connectivity index (χ0v) is 14.4. The molecule has 25 heavy (non-hydrogen) atoms. The number of nitrogens with zero attached hydrogens (tertiary/aromatic N) is 4. The normalized spacial score (nSPS) is 10.9. The second-order valence-corrected chi connectivity index (χ2v) is 6.92. The van der Waals surface area contributed by atoms with Gasteiger partial charge in [0, 0.05) is 6.20 Å². The molecular weight excluding hydrogens is 361 g/mol. The average molecular weight is 373 g/mol. The van der Waals surface area contributed by atoms with Gasteiger partial charge < -0.3 is 0 Å². The van der Waals surface area contributed by atoms with Crippen LogP contribution in [0, 0.1) is 5.82 Å². The Balaban J connectivity index is 1.49. The predicted octanol–water partition coefficient (Wildman–Crippen LogP) is 2.98. The number of hydrogen-bond acceptors (Lipinski definition) is 7. The summed E-state index contributed by atoms with van der Waals surface area (Å²) in [4.78, 5) is 16.0. The molecule has 0 spiro atoms. The Morgan fingerprint density at radius 1 is 1.28 bits per heavy atom. The molecule has 9 heteroatoms. The molecule has 126 valence electrons. The van der Waals surface area contributed by atoms with Crippen molar-refractivity contribution in [2.45, 2.75) is 4.34 Å². The van der Waals surface area contributed by atoms with E-state index >= 15 is 0 Å². The number of amides is 1. The molecule has 1 N–H and O–H groups in total. The molecule has 6 nitrogen and oxygen atoms in total. The molecule has 2 heterocycles. The maximum absolute atomic E-state index is 13.0. The van der Waals surface area contributed by atoms with E-state index in [0.717, 1.165) is 5.69 Å². The molecule has 0 unspecified atom stereocenters. The minimum Gasteiger partial charge on any atom is -0.272 e. The first-order valence-electron chi connectivity index (χ1n) is 7.16. The topological polar surface area (TPSA) is 80.1 Å². The molecule has 1 amide bonds. The van der Waals surface area contributed by atoms with Crippen LogP contribution in [-0.4, -0.2) is 33.1 Å². The van der Waals surface area contributed by atoms with Gasteiger partial charge in [-0.1, -0.05) is 41.3 Å². The third-order valence-corrected chi connectivity index (χ3v) is 4.95. The van der Waals surface area contributed by atoms with Crippen LogP contribution in [0.25, 0.3) is 10.7 Å². The van der Waals surface area contributed by atoms with Crippen molar-refractivity contribution < 1.29 is 9.18 Å². The van der Waals surface area contributed by atoms with E-state index in [1.54, 1.807) is 18.3 Å². The van der Waals surface area contributed by atoms with Crippen LogP contribution < -0.4 is 5.43 Å². The van der Waals surface area contributed by atoms with Gasteiger partial charge in [0.15, 0.2) is 9.35 Å². The lowest BCUT2D eigenvalue weighted by Gasteiger charge is -1.97. The van der Waals surface area contributed by atoms with Gasteiger partial charge >= 0.3 is 0 Å². The van der Waals surface area contributed by atoms with E-state index in [2.05, 4.69) is 25.7 Å². The number of aromatic nitrogens is 3. The largest absolute Gasteiger partial charge is 0.272 e. The second-order valence-electron chi connectivity index (χ2n) is 4.72. The summed E-state index contributed by atoms with van der Waals surface area (Å²) < 4.78 is 13.7. The van der Waals surface area contributed by atoms with Crippen LogP contribution in [0.2, 0.25) is 0 Å². The Morgan fingerprint density at radius 3 is 3.00 bits per heavy atom. The van der Waals surface area contributed by atoms with Gasteiger partial charge in [-0.15, -0.1) is 10.2 Å². The zero-order chi connectivity index (χ0) is 17.5. The zero-order valence-electron chi connectivity index (χ0n) is 12.8. The van der Waals surface area contributed by atoms with E-state index in [1.165, 1.54) is 41.4 Å². The summed E-state index contributed by atoms with van der Waals surface area (Å²) >= 11 is 2.63. The Kier molecular flexibility index (Phi) is 5.81. The second kappa shape index (κ2) is 8.45. The number of carbonyl (C=O) groups is 1.